The van der Waals surface area contributed by atoms with Crippen LogP contribution in [-0.4, -0.2) is 41.7 Å². The fourth-order valence-corrected chi connectivity index (χ4v) is 6.96. The van der Waals surface area contributed by atoms with E-state index in [0.29, 0.717) is 42.9 Å². The maximum atomic E-state index is 13.1. The van der Waals surface area contributed by atoms with E-state index in [-0.39, 0.29) is 6.10 Å². The fraction of sp³-hybridized carbons (Fsp3) is 0.516. The first-order valence-corrected chi connectivity index (χ1v) is 16.1. The number of anilines is 1. The van der Waals surface area contributed by atoms with Gasteiger partial charge in [-0.15, -0.1) is 0 Å². The zero-order chi connectivity index (χ0) is 27.2. The predicted molar refractivity (Wildman–Crippen MR) is 159 cm³/mol. The van der Waals surface area contributed by atoms with Crippen LogP contribution < -0.4 is 9.64 Å². The van der Waals surface area contributed by atoms with Crippen LogP contribution >= 0.6 is 11.6 Å². The minimum Gasteiger partial charge on any atom is -0.491 e. The van der Waals surface area contributed by atoms with E-state index in [1.54, 1.807) is 6.07 Å². The molecule has 2 aromatic carbocycles. The Bertz CT molecular complexity index is 1290. The van der Waals surface area contributed by atoms with E-state index in [9.17, 15) is 9.00 Å². The van der Waals surface area contributed by atoms with Gasteiger partial charge in [0.15, 0.2) is 0 Å². The molecular formula is C31H39ClN2O4S. The molecule has 0 spiro atoms. The number of fused-ring (bicyclic) bond motifs is 3. The lowest BCUT2D eigenvalue weighted by Crippen LogP contribution is -2.43. The topological polar surface area (TPSA) is 68.2 Å². The molecular weight excluding hydrogens is 532 g/mol. The molecule has 1 unspecified atom stereocenters. The zero-order valence-corrected chi connectivity index (χ0v) is 24.3. The van der Waals surface area contributed by atoms with Gasteiger partial charge in [0.2, 0.25) is 0 Å². The maximum Gasteiger partial charge on any atom is 0.284 e. The number of allylic oxidation sites excluding steroid dienone is 1. The Morgan fingerprint density at radius 1 is 1.13 bits per heavy atom. The van der Waals surface area contributed by atoms with E-state index in [1.807, 2.05) is 18.2 Å². The average molecular weight is 571 g/mol. The lowest BCUT2D eigenvalue weighted by Gasteiger charge is -2.44. The van der Waals surface area contributed by atoms with Crippen molar-refractivity contribution in [2.24, 2.45) is 16.2 Å². The van der Waals surface area contributed by atoms with Gasteiger partial charge in [0.25, 0.3) is 5.91 Å². The number of ether oxygens (including phenoxy) is 2. The number of thiol groups is 1. The number of carbonyl (C=O) groups is 1. The predicted octanol–water partition coefficient (Wildman–Crippen LogP) is 6.65. The van der Waals surface area contributed by atoms with Crippen molar-refractivity contribution in [3.8, 4) is 5.75 Å². The van der Waals surface area contributed by atoms with Gasteiger partial charge in [0.05, 0.1) is 18.4 Å². The Morgan fingerprint density at radius 3 is 2.85 bits per heavy atom. The third-order valence-electron chi connectivity index (χ3n) is 8.13. The van der Waals surface area contributed by atoms with Crippen molar-refractivity contribution < 1.29 is 18.5 Å². The van der Waals surface area contributed by atoms with Gasteiger partial charge in [-0.1, -0.05) is 29.8 Å². The van der Waals surface area contributed by atoms with Crippen molar-refractivity contribution in [3.05, 3.63) is 70.3 Å². The molecule has 2 heterocycles. The standard InChI is InChI=1S/C31H39ClN2O4S/c1-2-37-29-9-4-3-7-17-39(36)33-31(35)23-12-15-30-28(19-23)34(21-25-11-14-27(25)29)20-24-10-13-26(32)18-22(24)8-5-6-16-38-30/h4,9-10,12-13,15,18-19,25,27,29,39H,2-3,5-8,11,14,16-17,20-21H2,1H3/b9-4+/t25-,27+,29-/m0/s1. The number of hydrogen-bond acceptors (Lipinski definition) is 5. The molecule has 0 saturated heterocycles. The minimum atomic E-state index is -1.95. The molecule has 1 fully saturated rings. The molecule has 1 aliphatic carbocycles. The van der Waals surface area contributed by atoms with Crippen molar-refractivity contribution in [3.63, 3.8) is 0 Å². The normalized spacial score (nSPS) is 27.4. The summed E-state index contributed by atoms with van der Waals surface area (Å²) in [6, 6.07) is 11.7. The Labute approximate surface area is 238 Å². The summed E-state index contributed by atoms with van der Waals surface area (Å²) < 4.78 is 29.2. The molecule has 3 aliphatic rings. The van der Waals surface area contributed by atoms with Crippen LogP contribution in [0.25, 0.3) is 0 Å². The summed E-state index contributed by atoms with van der Waals surface area (Å²) in [5.74, 6) is 1.62. The van der Waals surface area contributed by atoms with E-state index < -0.39 is 16.5 Å². The minimum absolute atomic E-state index is 0.0683. The molecule has 210 valence electrons. The number of hydrogen-bond donors (Lipinski definition) is 1. The Morgan fingerprint density at radius 2 is 2.03 bits per heavy atom. The van der Waals surface area contributed by atoms with E-state index in [2.05, 4.69) is 40.5 Å². The van der Waals surface area contributed by atoms with Crippen molar-refractivity contribution in [1.29, 1.82) is 0 Å². The third kappa shape index (κ3) is 7.05. The first kappa shape index (κ1) is 28.2. The molecule has 1 saturated carbocycles. The van der Waals surface area contributed by atoms with Crippen LogP contribution in [0, 0.1) is 11.8 Å². The molecule has 5 rings (SSSR count). The van der Waals surface area contributed by atoms with Crippen molar-refractivity contribution in [2.45, 2.75) is 64.5 Å². The number of carbonyl (C=O) groups excluding carboxylic acids is 1. The van der Waals surface area contributed by atoms with Crippen LogP contribution in [0.4, 0.5) is 5.69 Å². The largest absolute Gasteiger partial charge is 0.491 e. The molecule has 39 heavy (non-hydrogen) atoms. The van der Waals surface area contributed by atoms with Crippen LogP contribution in [0.15, 0.2) is 52.9 Å². The Balaban J connectivity index is 1.59. The van der Waals surface area contributed by atoms with Crippen molar-refractivity contribution in [2.75, 3.05) is 30.4 Å². The summed E-state index contributed by atoms with van der Waals surface area (Å²) in [5.41, 5.74) is 3.83. The van der Waals surface area contributed by atoms with Crippen LogP contribution in [0.1, 0.15) is 66.9 Å². The van der Waals surface area contributed by atoms with Gasteiger partial charge in [-0.2, -0.15) is 4.36 Å². The number of rotatable bonds is 2. The summed E-state index contributed by atoms with van der Waals surface area (Å²) >= 11 is 6.41. The molecule has 0 N–H and O–H groups in total. The van der Waals surface area contributed by atoms with Gasteiger partial charge in [0, 0.05) is 46.6 Å². The summed E-state index contributed by atoms with van der Waals surface area (Å²) in [6.07, 6.45) is 11.1. The van der Waals surface area contributed by atoms with Gasteiger partial charge in [-0.25, -0.2) is 0 Å². The highest BCUT2D eigenvalue weighted by Gasteiger charge is 2.38. The molecule has 0 aromatic heterocycles. The van der Waals surface area contributed by atoms with Gasteiger partial charge in [-0.3, -0.25) is 9.00 Å². The molecule has 4 atom stereocenters. The maximum absolute atomic E-state index is 13.1. The second-order valence-electron chi connectivity index (χ2n) is 10.8. The molecule has 1 amide bonds. The highest BCUT2D eigenvalue weighted by Crippen LogP contribution is 2.42. The molecule has 8 heteroatoms. The number of halogens is 1. The van der Waals surface area contributed by atoms with Crippen molar-refractivity contribution in [1.82, 2.24) is 0 Å². The lowest BCUT2D eigenvalue weighted by atomic mass is 9.70. The number of aryl methyl sites for hydroxylation is 1. The fourth-order valence-electron chi connectivity index (χ4n) is 5.89. The number of benzene rings is 2. The molecule has 6 nitrogen and oxygen atoms in total. The van der Waals surface area contributed by atoms with E-state index in [0.717, 1.165) is 68.0 Å². The second kappa shape index (κ2) is 13.3. The summed E-state index contributed by atoms with van der Waals surface area (Å²) in [7, 11) is -1.95. The molecule has 2 aromatic rings. The summed E-state index contributed by atoms with van der Waals surface area (Å²) in [5, 5.41) is 0.752. The van der Waals surface area contributed by atoms with E-state index in [4.69, 9.17) is 21.1 Å². The highest BCUT2D eigenvalue weighted by molar-refractivity contribution is 7.75. The first-order valence-electron chi connectivity index (χ1n) is 14.3. The number of nitrogens with zero attached hydrogens (tertiary/aromatic N) is 2. The summed E-state index contributed by atoms with van der Waals surface area (Å²) in [6.45, 7) is 4.83. The van der Waals surface area contributed by atoms with Crippen LogP contribution in [0.3, 0.4) is 0 Å². The van der Waals surface area contributed by atoms with Gasteiger partial charge in [0.1, 0.15) is 5.75 Å². The lowest BCUT2D eigenvalue weighted by molar-refractivity contribution is -0.00848. The Hall–Kier alpha value is -2.35. The van der Waals surface area contributed by atoms with Crippen molar-refractivity contribution >= 4 is 33.8 Å². The van der Waals surface area contributed by atoms with Gasteiger partial charge in [-0.05, 0) is 105 Å². The summed E-state index contributed by atoms with van der Waals surface area (Å²) in [4.78, 5) is 15.4. The van der Waals surface area contributed by atoms with Crippen LogP contribution in [0.2, 0.25) is 5.02 Å². The number of amides is 1. The second-order valence-corrected chi connectivity index (χ2v) is 12.5. The third-order valence-corrected chi connectivity index (χ3v) is 9.47. The Kier molecular flexibility index (Phi) is 9.64. The SMILES string of the molecule is CCO[C@H]1/C=C/CCC/[SH](=O)=N\C(=O)c2ccc3c(c2)N(Cc2ccc(Cl)cc2CCCCO3)C[C@@H]2CC[C@H]21. The van der Waals surface area contributed by atoms with Gasteiger partial charge >= 0.3 is 0 Å². The molecule has 0 radical (unpaired) electrons. The monoisotopic (exact) mass is 570 g/mol. The highest BCUT2D eigenvalue weighted by atomic mass is 35.5. The molecule has 2 bridgehead atoms. The zero-order valence-electron chi connectivity index (χ0n) is 22.7. The quantitative estimate of drug-likeness (QED) is 0.323. The average Bonchev–Trinajstić information content (AvgIpc) is 2.93. The van der Waals surface area contributed by atoms with E-state index >= 15 is 0 Å². The van der Waals surface area contributed by atoms with Crippen LogP contribution in [0.5, 0.6) is 5.75 Å². The molecule has 2 aliphatic heterocycles. The van der Waals surface area contributed by atoms with Gasteiger partial charge < -0.3 is 14.4 Å². The van der Waals surface area contributed by atoms with Crippen LogP contribution in [-0.2, 0) is 28.3 Å². The first-order chi connectivity index (χ1) is 19.0. The smallest absolute Gasteiger partial charge is 0.284 e. The van der Waals surface area contributed by atoms with E-state index in [1.165, 1.54) is 11.1 Å².